The molecule has 0 bridgehead atoms. The fourth-order valence-electron chi connectivity index (χ4n) is 4.78. The SMILES string of the molecule is CNC[C@H](O)COc1ccc(Cl)c(-c2nc(-c3c(C)noc3C)c(C)c(N3Cc4cc(C)cnc4C3)n2)c1. The molecule has 2 N–H and O–H groups in total. The quantitative estimate of drug-likeness (QED) is 0.336. The van der Waals surface area contributed by atoms with Gasteiger partial charge in [-0.3, -0.25) is 4.98 Å². The highest BCUT2D eigenvalue weighted by Gasteiger charge is 2.27. The van der Waals surface area contributed by atoms with Crippen LogP contribution in [0.3, 0.4) is 0 Å². The molecule has 0 aliphatic carbocycles. The third kappa shape index (κ3) is 5.09. The molecule has 10 heteroatoms. The van der Waals surface area contributed by atoms with Gasteiger partial charge in [-0.1, -0.05) is 22.8 Å². The molecular weight excluding hydrogens is 504 g/mol. The Labute approximate surface area is 226 Å². The Balaban J connectivity index is 1.60. The van der Waals surface area contributed by atoms with E-state index < -0.39 is 6.10 Å². The molecule has 4 aromatic rings. The van der Waals surface area contributed by atoms with Gasteiger partial charge in [0.1, 0.15) is 30.0 Å². The Morgan fingerprint density at radius 1 is 1.16 bits per heavy atom. The Hall–Kier alpha value is -3.53. The summed E-state index contributed by atoms with van der Waals surface area (Å²) in [5, 5.41) is 17.6. The molecule has 5 rings (SSSR count). The van der Waals surface area contributed by atoms with Gasteiger partial charge < -0.3 is 24.6 Å². The van der Waals surface area contributed by atoms with Crippen LogP contribution in [0.4, 0.5) is 5.82 Å². The Kier molecular flexibility index (Phi) is 7.34. The molecule has 3 aromatic heterocycles. The van der Waals surface area contributed by atoms with Crippen molar-refractivity contribution in [3.63, 3.8) is 0 Å². The fraction of sp³-hybridized carbons (Fsp3) is 0.357. The zero-order chi connectivity index (χ0) is 27.0. The van der Waals surface area contributed by atoms with Crippen molar-refractivity contribution >= 4 is 17.4 Å². The van der Waals surface area contributed by atoms with E-state index in [9.17, 15) is 5.11 Å². The lowest BCUT2D eigenvalue weighted by molar-refractivity contribution is 0.108. The third-order valence-corrected chi connectivity index (χ3v) is 6.98. The predicted molar refractivity (Wildman–Crippen MR) is 146 cm³/mol. The number of benzene rings is 1. The van der Waals surface area contributed by atoms with Crippen molar-refractivity contribution in [1.29, 1.82) is 0 Å². The molecule has 198 valence electrons. The maximum atomic E-state index is 10.1. The van der Waals surface area contributed by atoms with Gasteiger partial charge in [0, 0.05) is 30.4 Å². The first kappa shape index (κ1) is 26.1. The summed E-state index contributed by atoms with van der Waals surface area (Å²) in [7, 11) is 1.78. The molecule has 4 heterocycles. The summed E-state index contributed by atoms with van der Waals surface area (Å²) < 4.78 is 11.3. The number of pyridine rings is 1. The van der Waals surface area contributed by atoms with E-state index in [2.05, 4.69) is 26.4 Å². The van der Waals surface area contributed by atoms with E-state index in [4.69, 9.17) is 30.8 Å². The number of nitrogens with zero attached hydrogens (tertiary/aromatic N) is 5. The molecule has 1 aliphatic rings. The van der Waals surface area contributed by atoms with E-state index in [0.29, 0.717) is 47.6 Å². The number of aryl methyl sites for hydroxylation is 3. The smallest absolute Gasteiger partial charge is 0.163 e. The molecule has 38 heavy (non-hydrogen) atoms. The molecule has 0 spiro atoms. The molecule has 0 unspecified atom stereocenters. The summed E-state index contributed by atoms with van der Waals surface area (Å²) in [4.78, 5) is 16.9. The first-order valence-electron chi connectivity index (χ1n) is 12.5. The van der Waals surface area contributed by atoms with Crippen molar-refractivity contribution in [2.45, 2.75) is 46.9 Å². The first-order valence-corrected chi connectivity index (χ1v) is 12.9. The van der Waals surface area contributed by atoms with Crippen LogP contribution in [0.25, 0.3) is 22.6 Å². The van der Waals surface area contributed by atoms with E-state index in [-0.39, 0.29) is 6.61 Å². The summed E-state index contributed by atoms with van der Waals surface area (Å²) in [5.74, 6) is 2.52. The van der Waals surface area contributed by atoms with Gasteiger partial charge in [0.25, 0.3) is 0 Å². The monoisotopic (exact) mass is 534 g/mol. The second-order valence-corrected chi connectivity index (χ2v) is 10.1. The first-order chi connectivity index (χ1) is 18.2. The minimum Gasteiger partial charge on any atom is -0.491 e. The lowest BCUT2D eigenvalue weighted by Gasteiger charge is -2.22. The second-order valence-electron chi connectivity index (χ2n) is 9.68. The highest BCUT2D eigenvalue weighted by Crippen LogP contribution is 2.38. The van der Waals surface area contributed by atoms with Gasteiger partial charge >= 0.3 is 0 Å². The van der Waals surface area contributed by atoms with Gasteiger partial charge in [-0.25, -0.2) is 9.97 Å². The normalized spacial score (nSPS) is 13.6. The van der Waals surface area contributed by atoms with Gasteiger partial charge in [0.2, 0.25) is 0 Å². The number of aliphatic hydroxyl groups is 1. The third-order valence-electron chi connectivity index (χ3n) is 6.65. The van der Waals surface area contributed by atoms with Crippen molar-refractivity contribution in [2.24, 2.45) is 0 Å². The lowest BCUT2D eigenvalue weighted by Crippen LogP contribution is -2.29. The molecule has 0 saturated carbocycles. The van der Waals surface area contributed by atoms with Crippen LogP contribution in [0, 0.1) is 27.7 Å². The van der Waals surface area contributed by atoms with Gasteiger partial charge in [0.05, 0.1) is 34.2 Å². The minimum absolute atomic E-state index is 0.144. The van der Waals surface area contributed by atoms with Crippen molar-refractivity contribution in [3.8, 4) is 28.4 Å². The molecule has 0 saturated heterocycles. The number of fused-ring (bicyclic) bond motifs is 1. The van der Waals surface area contributed by atoms with Crippen LogP contribution >= 0.6 is 11.6 Å². The summed E-state index contributed by atoms with van der Waals surface area (Å²) in [5.41, 5.74) is 7.26. The maximum absolute atomic E-state index is 10.1. The number of nitrogens with one attached hydrogen (secondary N) is 1. The molecule has 1 aromatic carbocycles. The lowest BCUT2D eigenvalue weighted by atomic mass is 10.0. The highest BCUT2D eigenvalue weighted by molar-refractivity contribution is 6.33. The predicted octanol–water partition coefficient (Wildman–Crippen LogP) is 4.56. The van der Waals surface area contributed by atoms with Crippen LogP contribution in [-0.2, 0) is 13.1 Å². The van der Waals surface area contributed by atoms with Crippen molar-refractivity contribution in [3.05, 3.63) is 69.3 Å². The molecular formula is C28H31ClN6O3. The average molecular weight is 535 g/mol. The van der Waals surface area contributed by atoms with Gasteiger partial charge in [-0.15, -0.1) is 0 Å². The number of rotatable bonds is 8. The summed E-state index contributed by atoms with van der Waals surface area (Å²) in [6, 6.07) is 7.51. The highest BCUT2D eigenvalue weighted by atomic mass is 35.5. The summed E-state index contributed by atoms with van der Waals surface area (Å²) in [6.07, 6.45) is 1.26. The van der Waals surface area contributed by atoms with Crippen LogP contribution in [0.2, 0.25) is 5.02 Å². The van der Waals surface area contributed by atoms with Crippen LogP contribution in [0.5, 0.6) is 5.75 Å². The van der Waals surface area contributed by atoms with Crippen molar-refractivity contribution in [2.75, 3.05) is 25.1 Å². The van der Waals surface area contributed by atoms with E-state index in [1.165, 1.54) is 5.56 Å². The van der Waals surface area contributed by atoms with Gasteiger partial charge in [0.15, 0.2) is 5.82 Å². The van der Waals surface area contributed by atoms with Crippen molar-refractivity contribution < 1.29 is 14.4 Å². The Morgan fingerprint density at radius 3 is 2.71 bits per heavy atom. The van der Waals surface area contributed by atoms with Gasteiger partial charge in [-0.2, -0.15) is 0 Å². The van der Waals surface area contributed by atoms with Gasteiger partial charge in [-0.05, 0) is 64.1 Å². The maximum Gasteiger partial charge on any atom is 0.163 e. The number of halogens is 1. The fourth-order valence-corrected chi connectivity index (χ4v) is 4.98. The minimum atomic E-state index is -0.637. The Bertz CT molecular complexity index is 1470. The number of hydrogen-bond acceptors (Lipinski definition) is 9. The molecule has 1 aliphatic heterocycles. The topological polar surface area (TPSA) is 109 Å². The second kappa shape index (κ2) is 10.7. The summed E-state index contributed by atoms with van der Waals surface area (Å²) in [6.45, 7) is 9.77. The van der Waals surface area contributed by atoms with Crippen molar-refractivity contribution in [1.82, 2.24) is 25.4 Å². The number of likely N-dealkylation sites (N-methyl/N-ethyl adjacent to an activating group) is 1. The van der Waals surface area contributed by atoms with Crippen LogP contribution in [0.1, 0.15) is 33.8 Å². The largest absolute Gasteiger partial charge is 0.491 e. The number of ether oxygens (including phenoxy) is 1. The average Bonchev–Trinajstić information content (AvgIpc) is 3.46. The van der Waals surface area contributed by atoms with E-state index in [0.717, 1.165) is 39.6 Å². The number of aliphatic hydroxyl groups excluding tert-OH is 1. The standard InChI is InChI=1S/C28H31ClN6O3/c1-15-8-19-12-35(13-24(19)31-10-15)28-16(2)26(25-17(3)34-38-18(25)4)32-27(33-28)22-9-21(6-7-23(22)29)37-14-20(36)11-30-5/h6-10,20,30,36H,11-14H2,1-5H3/t20-/m0/s1. The molecule has 0 amide bonds. The molecule has 1 atom stereocenters. The molecule has 0 radical (unpaired) electrons. The number of anilines is 1. The molecule has 9 nitrogen and oxygen atoms in total. The zero-order valence-electron chi connectivity index (χ0n) is 22.2. The van der Waals surface area contributed by atoms with E-state index in [1.54, 1.807) is 19.2 Å². The van der Waals surface area contributed by atoms with Crippen LogP contribution in [0.15, 0.2) is 35.0 Å². The number of aromatic nitrogens is 4. The van der Waals surface area contributed by atoms with Crippen LogP contribution < -0.4 is 15.0 Å². The zero-order valence-corrected chi connectivity index (χ0v) is 22.9. The van der Waals surface area contributed by atoms with Crippen LogP contribution in [-0.4, -0.2) is 51.5 Å². The summed E-state index contributed by atoms with van der Waals surface area (Å²) >= 11 is 6.68. The van der Waals surface area contributed by atoms with E-state index >= 15 is 0 Å². The molecule has 0 fully saturated rings. The van der Waals surface area contributed by atoms with E-state index in [1.807, 2.05) is 40.0 Å². The Morgan fingerprint density at radius 2 is 1.97 bits per heavy atom. The number of hydrogen-bond donors (Lipinski definition) is 2.